The zero-order valence-electron chi connectivity index (χ0n) is 13.9. The van der Waals surface area contributed by atoms with Gasteiger partial charge >= 0.3 is 6.03 Å². The van der Waals surface area contributed by atoms with Crippen LogP contribution < -0.4 is 10.1 Å². The molecule has 5 heteroatoms. The second-order valence-corrected chi connectivity index (χ2v) is 6.45. The van der Waals surface area contributed by atoms with Crippen LogP contribution in [0.3, 0.4) is 0 Å². The molecule has 1 heterocycles. The van der Waals surface area contributed by atoms with E-state index in [2.05, 4.69) is 5.32 Å². The van der Waals surface area contributed by atoms with Gasteiger partial charge in [-0.15, -0.1) is 0 Å². The Morgan fingerprint density at radius 3 is 2.67 bits per heavy atom. The lowest BCUT2D eigenvalue weighted by Gasteiger charge is -2.25. The molecule has 2 aromatic rings. The number of benzene rings is 2. The van der Waals surface area contributed by atoms with Gasteiger partial charge in [0.1, 0.15) is 5.75 Å². The molecule has 0 saturated carbocycles. The van der Waals surface area contributed by atoms with E-state index in [1.54, 1.807) is 7.11 Å². The molecule has 1 saturated heterocycles. The fourth-order valence-corrected chi connectivity index (χ4v) is 3.37. The minimum Gasteiger partial charge on any atom is -0.497 e. The number of aryl methyl sites for hydroxylation is 1. The van der Waals surface area contributed by atoms with E-state index in [9.17, 15) is 4.79 Å². The molecule has 24 heavy (non-hydrogen) atoms. The van der Waals surface area contributed by atoms with Crippen LogP contribution in [-0.4, -0.2) is 24.6 Å². The van der Waals surface area contributed by atoms with Crippen molar-refractivity contribution in [2.24, 2.45) is 0 Å². The molecule has 126 valence electrons. The number of halogens is 1. The first-order valence-electron chi connectivity index (χ1n) is 8.06. The van der Waals surface area contributed by atoms with Crippen LogP contribution in [0.25, 0.3) is 0 Å². The maximum atomic E-state index is 12.7. The SMILES string of the molecule is COc1ccc([C@H]2CCCN2C(=O)Nc2ccc(C)cc2Cl)cc1. The van der Waals surface area contributed by atoms with Crippen molar-refractivity contribution in [1.29, 1.82) is 0 Å². The van der Waals surface area contributed by atoms with Gasteiger partial charge < -0.3 is 15.0 Å². The number of anilines is 1. The molecule has 1 aliphatic rings. The molecule has 4 nitrogen and oxygen atoms in total. The van der Waals surface area contributed by atoms with Gasteiger partial charge in [-0.05, 0) is 55.2 Å². The van der Waals surface area contributed by atoms with E-state index in [-0.39, 0.29) is 12.1 Å². The Balaban J connectivity index is 1.75. The molecule has 2 amide bonds. The number of rotatable bonds is 3. The van der Waals surface area contributed by atoms with E-state index < -0.39 is 0 Å². The molecule has 0 aliphatic carbocycles. The van der Waals surface area contributed by atoms with Gasteiger partial charge in [-0.2, -0.15) is 0 Å². The number of methoxy groups -OCH3 is 1. The summed E-state index contributed by atoms with van der Waals surface area (Å²) in [6.07, 6.45) is 1.95. The molecule has 1 N–H and O–H groups in total. The number of likely N-dealkylation sites (tertiary alicyclic amines) is 1. The first-order valence-corrected chi connectivity index (χ1v) is 8.44. The summed E-state index contributed by atoms with van der Waals surface area (Å²) in [6, 6.07) is 13.5. The maximum Gasteiger partial charge on any atom is 0.322 e. The third kappa shape index (κ3) is 3.49. The largest absolute Gasteiger partial charge is 0.497 e. The van der Waals surface area contributed by atoms with Crippen LogP contribution in [0.2, 0.25) is 5.02 Å². The Kier molecular flexibility index (Phi) is 4.95. The van der Waals surface area contributed by atoms with Crippen LogP contribution >= 0.6 is 11.6 Å². The average Bonchev–Trinajstić information content (AvgIpc) is 3.07. The second-order valence-electron chi connectivity index (χ2n) is 6.04. The molecule has 0 bridgehead atoms. The fourth-order valence-electron chi connectivity index (χ4n) is 3.09. The second kappa shape index (κ2) is 7.14. The van der Waals surface area contributed by atoms with Crippen molar-refractivity contribution >= 4 is 23.3 Å². The zero-order chi connectivity index (χ0) is 17.1. The lowest BCUT2D eigenvalue weighted by molar-refractivity contribution is 0.207. The van der Waals surface area contributed by atoms with Crippen LogP contribution in [0.4, 0.5) is 10.5 Å². The number of hydrogen-bond acceptors (Lipinski definition) is 2. The van der Waals surface area contributed by atoms with E-state index in [0.29, 0.717) is 10.7 Å². The summed E-state index contributed by atoms with van der Waals surface area (Å²) < 4.78 is 5.20. The van der Waals surface area contributed by atoms with E-state index >= 15 is 0 Å². The van der Waals surface area contributed by atoms with Gasteiger partial charge in [0.2, 0.25) is 0 Å². The topological polar surface area (TPSA) is 41.6 Å². The summed E-state index contributed by atoms with van der Waals surface area (Å²) in [5.41, 5.74) is 2.83. The molecule has 2 aromatic carbocycles. The van der Waals surface area contributed by atoms with E-state index in [0.717, 1.165) is 36.3 Å². The number of carbonyl (C=O) groups excluding carboxylic acids is 1. The summed E-state index contributed by atoms with van der Waals surface area (Å²) in [5, 5.41) is 3.49. The third-order valence-corrected chi connectivity index (χ3v) is 4.69. The molecular weight excluding hydrogens is 324 g/mol. The first kappa shape index (κ1) is 16.7. The zero-order valence-corrected chi connectivity index (χ0v) is 14.6. The molecule has 1 fully saturated rings. The molecule has 0 unspecified atom stereocenters. The number of carbonyl (C=O) groups is 1. The lowest BCUT2D eigenvalue weighted by atomic mass is 10.0. The quantitative estimate of drug-likeness (QED) is 0.848. The Bertz CT molecular complexity index is 731. The van der Waals surface area contributed by atoms with Crippen molar-refractivity contribution in [3.8, 4) is 5.75 Å². The number of nitrogens with one attached hydrogen (secondary N) is 1. The molecule has 0 spiro atoms. The van der Waals surface area contributed by atoms with E-state index in [1.165, 1.54) is 0 Å². The van der Waals surface area contributed by atoms with Crippen LogP contribution in [0.15, 0.2) is 42.5 Å². The van der Waals surface area contributed by atoms with E-state index in [1.807, 2.05) is 54.3 Å². The average molecular weight is 345 g/mol. The van der Waals surface area contributed by atoms with E-state index in [4.69, 9.17) is 16.3 Å². The highest BCUT2D eigenvalue weighted by atomic mass is 35.5. The summed E-state index contributed by atoms with van der Waals surface area (Å²) in [4.78, 5) is 14.6. The van der Waals surface area contributed by atoms with Gasteiger partial charge in [-0.3, -0.25) is 0 Å². The standard InChI is InChI=1S/C19H21ClN2O2/c1-13-5-10-17(16(20)12-13)21-19(23)22-11-3-4-18(22)14-6-8-15(24-2)9-7-14/h5-10,12,18H,3-4,11H2,1-2H3,(H,21,23)/t18-/m1/s1. The maximum absolute atomic E-state index is 12.7. The van der Waals surface area contributed by atoms with Crippen LogP contribution in [0.1, 0.15) is 30.0 Å². The Morgan fingerprint density at radius 1 is 1.25 bits per heavy atom. The minimum atomic E-state index is -0.112. The van der Waals surface area contributed by atoms with Crippen molar-refractivity contribution in [1.82, 2.24) is 4.90 Å². The normalized spacial score (nSPS) is 17.0. The van der Waals surface area contributed by atoms with Gasteiger partial charge in [-0.1, -0.05) is 29.8 Å². The molecule has 0 aromatic heterocycles. The first-order chi connectivity index (χ1) is 11.6. The third-order valence-electron chi connectivity index (χ3n) is 4.38. The molecular formula is C19H21ClN2O2. The van der Waals surface area contributed by atoms with Crippen LogP contribution in [-0.2, 0) is 0 Å². The highest BCUT2D eigenvalue weighted by molar-refractivity contribution is 6.33. The summed E-state index contributed by atoms with van der Waals surface area (Å²) in [6.45, 7) is 2.71. The number of amides is 2. The van der Waals surface area contributed by atoms with Gasteiger partial charge in [0.15, 0.2) is 0 Å². The van der Waals surface area contributed by atoms with Crippen molar-refractivity contribution in [3.63, 3.8) is 0 Å². The van der Waals surface area contributed by atoms with Gasteiger partial charge in [0.05, 0.1) is 23.9 Å². The van der Waals surface area contributed by atoms with Crippen LogP contribution in [0, 0.1) is 6.92 Å². The summed E-state index contributed by atoms with van der Waals surface area (Å²) in [7, 11) is 1.65. The Labute approximate surface area is 147 Å². The van der Waals surface area contributed by atoms with Gasteiger partial charge in [-0.25, -0.2) is 4.79 Å². The molecule has 1 aliphatic heterocycles. The van der Waals surface area contributed by atoms with Gasteiger partial charge in [0, 0.05) is 6.54 Å². The number of ether oxygens (including phenoxy) is 1. The summed E-state index contributed by atoms with van der Waals surface area (Å²) in [5.74, 6) is 0.819. The Hall–Kier alpha value is -2.20. The van der Waals surface area contributed by atoms with Crippen molar-refractivity contribution < 1.29 is 9.53 Å². The van der Waals surface area contributed by atoms with Gasteiger partial charge in [0.25, 0.3) is 0 Å². The number of hydrogen-bond donors (Lipinski definition) is 1. The molecule has 3 rings (SSSR count). The van der Waals surface area contributed by atoms with Crippen molar-refractivity contribution in [2.75, 3.05) is 19.0 Å². The van der Waals surface area contributed by atoms with Crippen molar-refractivity contribution in [2.45, 2.75) is 25.8 Å². The number of nitrogens with zero attached hydrogens (tertiary/aromatic N) is 1. The summed E-state index contributed by atoms with van der Waals surface area (Å²) >= 11 is 6.22. The van der Waals surface area contributed by atoms with Crippen LogP contribution in [0.5, 0.6) is 5.75 Å². The highest BCUT2D eigenvalue weighted by Gasteiger charge is 2.30. The number of urea groups is 1. The predicted octanol–water partition coefficient (Wildman–Crippen LogP) is 5.03. The Morgan fingerprint density at radius 2 is 2.00 bits per heavy atom. The predicted molar refractivity (Wildman–Crippen MR) is 96.9 cm³/mol. The lowest BCUT2D eigenvalue weighted by Crippen LogP contribution is -2.34. The smallest absolute Gasteiger partial charge is 0.322 e. The highest BCUT2D eigenvalue weighted by Crippen LogP contribution is 2.33. The molecule has 1 atom stereocenters. The fraction of sp³-hybridized carbons (Fsp3) is 0.316. The van der Waals surface area contributed by atoms with Crippen molar-refractivity contribution in [3.05, 3.63) is 58.6 Å². The molecule has 0 radical (unpaired) electrons. The monoisotopic (exact) mass is 344 g/mol. The minimum absolute atomic E-state index is 0.0835.